The van der Waals surface area contributed by atoms with Gasteiger partial charge in [0.15, 0.2) is 0 Å². The van der Waals surface area contributed by atoms with E-state index in [-0.39, 0.29) is 11.8 Å². The van der Waals surface area contributed by atoms with Crippen molar-refractivity contribution in [3.63, 3.8) is 0 Å². The molecule has 18 heavy (non-hydrogen) atoms. The lowest BCUT2D eigenvalue weighted by molar-refractivity contribution is -0.117. The van der Waals surface area contributed by atoms with Crippen LogP contribution in [0.4, 0.5) is 0 Å². The highest BCUT2D eigenvalue weighted by Gasteiger charge is 2.12. The molecule has 0 fully saturated rings. The van der Waals surface area contributed by atoms with Gasteiger partial charge in [0.1, 0.15) is 17.9 Å². The van der Waals surface area contributed by atoms with E-state index >= 15 is 0 Å². The van der Waals surface area contributed by atoms with Crippen molar-refractivity contribution < 1.29 is 4.79 Å². The summed E-state index contributed by atoms with van der Waals surface area (Å²) in [5.74, 6) is 0.905. The predicted molar refractivity (Wildman–Crippen MR) is 69.3 cm³/mol. The molecule has 0 spiro atoms. The lowest BCUT2D eigenvalue weighted by Gasteiger charge is -2.08. The first-order valence-electron chi connectivity index (χ1n) is 6.11. The number of carbonyl (C=O) groups is 1. The number of ketones is 1. The van der Waals surface area contributed by atoms with Gasteiger partial charge in [-0.05, 0) is 19.4 Å². The smallest absolute Gasteiger partial charge is 0.144 e. The van der Waals surface area contributed by atoms with Crippen LogP contribution in [-0.2, 0) is 17.6 Å². The van der Waals surface area contributed by atoms with E-state index in [0.29, 0.717) is 12.8 Å². The van der Waals surface area contributed by atoms with Crippen LogP contribution < -0.4 is 0 Å². The summed E-state index contributed by atoms with van der Waals surface area (Å²) in [6.45, 7) is 4.06. The highest BCUT2D eigenvalue weighted by molar-refractivity contribution is 5.82. The molecule has 1 aromatic heterocycles. The quantitative estimate of drug-likeness (QED) is 0.809. The highest BCUT2D eigenvalue weighted by atomic mass is 16.1. The fourth-order valence-electron chi connectivity index (χ4n) is 1.89. The minimum atomic E-state index is 0.163. The van der Waals surface area contributed by atoms with Crippen LogP contribution in [0.2, 0.25) is 0 Å². The van der Waals surface area contributed by atoms with E-state index in [2.05, 4.69) is 10.1 Å². The second kappa shape index (κ2) is 5.58. The Balaban J connectivity index is 2.01. The fourth-order valence-corrected chi connectivity index (χ4v) is 1.89. The summed E-state index contributed by atoms with van der Waals surface area (Å²) in [6.07, 6.45) is 2.30. The van der Waals surface area contributed by atoms with E-state index in [9.17, 15) is 4.79 Å². The SMILES string of the molecule is CC(C)n1ncnc1CC(=O)Cc1ccccc1. The van der Waals surface area contributed by atoms with Gasteiger partial charge in [-0.2, -0.15) is 5.10 Å². The minimum Gasteiger partial charge on any atom is -0.299 e. The van der Waals surface area contributed by atoms with Crippen molar-refractivity contribution in [2.24, 2.45) is 0 Å². The Bertz CT molecular complexity index is 517. The molecule has 0 radical (unpaired) electrons. The van der Waals surface area contributed by atoms with Gasteiger partial charge < -0.3 is 0 Å². The van der Waals surface area contributed by atoms with Crippen molar-refractivity contribution in [2.45, 2.75) is 32.7 Å². The molecule has 0 aliphatic heterocycles. The Hall–Kier alpha value is -1.97. The number of carbonyl (C=O) groups excluding carboxylic acids is 1. The normalized spacial score (nSPS) is 10.8. The van der Waals surface area contributed by atoms with Crippen molar-refractivity contribution in [2.75, 3.05) is 0 Å². The monoisotopic (exact) mass is 243 g/mol. The van der Waals surface area contributed by atoms with Crippen LogP contribution in [0.15, 0.2) is 36.7 Å². The third-order valence-corrected chi connectivity index (χ3v) is 2.74. The van der Waals surface area contributed by atoms with Gasteiger partial charge in [-0.15, -0.1) is 0 Å². The molecule has 0 amide bonds. The molecular formula is C14H17N3O. The zero-order valence-electron chi connectivity index (χ0n) is 10.7. The van der Waals surface area contributed by atoms with E-state index in [1.807, 2.05) is 44.2 Å². The first-order chi connectivity index (χ1) is 8.66. The molecule has 0 unspecified atom stereocenters. The maximum atomic E-state index is 12.0. The fraction of sp³-hybridized carbons (Fsp3) is 0.357. The lowest BCUT2D eigenvalue weighted by atomic mass is 10.1. The molecule has 0 saturated carbocycles. The Morgan fingerprint density at radius 3 is 2.61 bits per heavy atom. The van der Waals surface area contributed by atoms with Gasteiger partial charge in [-0.25, -0.2) is 9.67 Å². The molecule has 4 nitrogen and oxygen atoms in total. The summed E-state index contributed by atoms with van der Waals surface area (Å²) in [5, 5.41) is 4.13. The van der Waals surface area contributed by atoms with E-state index in [1.165, 1.54) is 6.33 Å². The van der Waals surface area contributed by atoms with Crippen molar-refractivity contribution in [1.29, 1.82) is 0 Å². The second-order valence-corrected chi connectivity index (χ2v) is 4.59. The van der Waals surface area contributed by atoms with E-state index in [0.717, 1.165) is 11.4 Å². The molecule has 0 saturated heterocycles. The molecule has 0 bridgehead atoms. The zero-order valence-corrected chi connectivity index (χ0v) is 10.7. The average molecular weight is 243 g/mol. The molecule has 0 aliphatic carbocycles. The first kappa shape index (κ1) is 12.5. The van der Waals surface area contributed by atoms with E-state index in [4.69, 9.17) is 0 Å². The Kier molecular flexibility index (Phi) is 3.87. The standard InChI is InChI=1S/C14H17N3O/c1-11(2)17-14(15-10-16-17)9-13(18)8-12-6-4-3-5-7-12/h3-7,10-11H,8-9H2,1-2H3. The van der Waals surface area contributed by atoms with E-state index in [1.54, 1.807) is 4.68 Å². The number of Topliss-reactive ketones (excluding diaryl/α,β-unsaturated/α-hetero) is 1. The van der Waals surface area contributed by atoms with Crippen LogP contribution in [0, 0.1) is 0 Å². The van der Waals surface area contributed by atoms with Crippen LogP contribution in [-0.4, -0.2) is 20.5 Å². The van der Waals surface area contributed by atoms with Crippen LogP contribution in [0.5, 0.6) is 0 Å². The second-order valence-electron chi connectivity index (χ2n) is 4.59. The topological polar surface area (TPSA) is 47.8 Å². The molecule has 0 atom stereocenters. The molecule has 1 heterocycles. The van der Waals surface area contributed by atoms with E-state index < -0.39 is 0 Å². The maximum Gasteiger partial charge on any atom is 0.144 e. The van der Waals surface area contributed by atoms with Crippen molar-refractivity contribution >= 4 is 5.78 Å². The van der Waals surface area contributed by atoms with Gasteiger partial charge in [-0.1, -0.05) is 30.3 Å². The lowest BCUT2D eigenvalue weighted by Crippen LogP contribution is -2.14. The van der Waals surface area contributed by atoms with Gasteiger partial charge in [0.05, 0.1) is 6.42 Å². The first-order valence-corrected chi connectivity index (χ1v) is 6.11. The third kappa shape index (κ3) is 3.03. The number of hydrogen-bond acceptors (Lipinski definition) is 3. The summed E-state index contributed by atoms with van der Waals surface area (Å²) in [7, 11) is 0. The summed E-state index contributed by atoms with van der Waals surface area (Å²) in [6, 6.07) is 9.99. The number of aromatic nitrogens is 3. The van der Waals surface area contributed by atoms with Crippen LogP contribution in [0.25, 0.3) is 0 Å². The van der Waals surface area contributed by atoms with Crippen molar-refractivity contribution in [1.82, 2.24) is 14.8 Å². The predicted octanol–water partition coefficient (Wildman–Crippen LogP) is 2.21. The maximum absolute atomic E-state index is 12.0. The van der Waals surface area contributed by atoms with Gasteiger partial charge in [0.25, 0.3) is 0 Å². The molecule has 0 N–H and O–H groups in total. The Labute approximate surface area is 107 Å². The summed E-state index contributed by atoms with van der Waals surface area (Å²) in [4.78, 5) is 16.1. The van der Waals surface area contributed by atoms with Crippen molar-refractivity contribution in [3.8, 4) is 0 Å². The third-order valence-electron chi connectivity index (χ3n) is 2.74. The van der Waals surface area contributed by atoms with Crippen LogP contribution in [0.1, 0.15) is 31.3 Å². The van der Waals surface area contributed by atoms with Gasteiger partial charge >= 0.3 is 0 Å². The Morgan fingerprint density at radius 1 is 1.22 bits per heavy atom. The summed E-state index contributed by atoms with van der Waals surface area (Å²) >= 11 is 0. The number of hydrogen-bond donors (Lipinski definition) is 0. The number of nitrogens with zero attached hydrogens (tertiary/aromatic N) is 3. The average Bonchev–Trinajstić information content (AvgIpc) is 2.78. The van der Waals surface area contributed by atoms with Crippen LogP contribution >= 0.6 is 0 Å². The molecule has 94 valence electrons. The molecular weight excluding hydrogens is 226 g/mol. The minimum absolute atomic E-state index is 0.163. The molecule has 4 heteroatoms. The highest BCUT2D eigenvalue weighted by Crippen LogP contribution is 2.08. The molecule has 1 aromatic carbocycles. The summed E-state index contributed by atoms with van der Waals surface area (Å²) < 4.78 is 1.79. The molecule has 0 aliphatic rings. The largest absolute Gasteiger partial charge is 0.299 e. The molecule has 2 aromatic rings. The van der Waals surface area contributed by atoms with Gasteiger partial charge in [0.2, 0.25) is 0 Å². The molecule has 2 rings (SSSR count). The number of benzene rings is 1. The van der Waals surface area contributed by atoms with Gasteiger partial charge in [0, 0.05) is 12.5 Å². The van der Waals surface area contributed by atoms with Crippen LogP contribution in [0.3, 0.4) is 0 Å². The van der Waals surface area contributed by atoms with Gasteiger partial charge in [-0.3, -0.25) is 4.79 Å². The van der Waals surface area contributed by atoms with Crippen molar-refractivity contribution in [3.05, 3.63) is 48.0 Å². The zero-order chi connectivity index (χ0) is 13.0. The summed E-state index contributed by atoms with van der Waals surface area (Å²) in [5.41, 5.74) is 1.04. The Morgan fingerprint density at radius 2 is 1.94 bits per heavy atom. The number of rotatable bonds is 5.